The first-order valence-electron chi connectivity index (χ1n) is 4.21. The summed E-state index contributed by atoms with van der Waals surface area (Å²) in [6.07, 6.45) is 11.4. The number of rotatable bonds is 0. The van der Waals surface area contributed by atoms with E-state index in [1.165, 1.54) is 17.6 Å². The van der Waals surface area contributed by atoms with Crippen LogP contribution in [0.15, 0.2) is 42.3 Å². The van der Waals surface area contributed by atoms with E-state index in [0.717, 1.165) is 0 Å². The highest BCUT2D eigenvalue weighted by Gasteiger charge is 1.86. The predicted molar refractivity (Wildman–Crippen MR) is 53.0 cm³/mol. The van der Waals surface area contributed by atoms with Gasteiger partial charge in [-0.2, -0.15) is 0 Å². The summed E-state index contributed by atoms with van der Waals surface area (Å²) in [6, 6.07) is 2.03. The summed E-state index contributed by atoms with van der Waals surface area (Å²) < 4.78 is 0. The van der Waals surface area contributed by atoms with Crippen molar-refractivity contribution in [2.75, 3.05) is 0 Å². The Bertz CT molecular complexity index is 265. The highest BCUT2D eigenvalue weighted by Crippen LogP contribution is 2.06. The molecule has 1 N–H and O–H groups in total. The van der Waals surface area contributed by atoms with Crippen LogP contribution in [-0.4, -0.2) is 4.98 Å². The number of hydrogen-bond donors (Lipinski definition) is 1. The van der Waals surface area contributed by atoms with Crippen molar-refractivity contribution >= 4 is 0 Å². The van der Waals surface area contributed by atoms with Gasteiger partial charge in [-0.15, -0.1) is 0 Å². The van der Waals surface area contributed by atoms with Gasteiger partial charge in [0.05, 0.1) is 0 Å². The number of nitrogens with one attached hydrogen (secondary N) is 1. The minimum atomic E-state index is 1.17. The number of aryl methyl sites for hydroxylation is 1. The van der Waals surface area contributed by atoms with E-state index >= 15 is 0 Å². The van der Waals surface area contributed by atoms with Gasteiger partial charge in [0.2, 0.25) is 0 Å². The quantitative estimate of drug-likeness (QED) is 0.601. The lowest BCUT2D eigenvalue weighted by molar-refractivity contribution is 1.25. The standard InChI is InChI=1S/C6H8.C5H7N/c1-6-4-2-3-5-6;1-5-2-3-6-4-5/h2-4H,5H2,1H3;2-4,6H,1H3. The van der Waals surface area contributed by atoms with Crippen LogP contribution >= 0.6 is 0 Å². The molecule has 0 bridgehead atoms. The minimum absolute atomic E-state index is 1.17. The average Bonchev–Trinajstić information content (AvgIpc) is 2.63. The fourth-order valence-corrected chi connectivity index (χ4v) is 0.962. The van der Waals surface area contributed by atoms with Crippen molar-refractivity contribution in [1.82, 2.24) is 4.98 Å². The Kier molecular flexibility index (Phi) is 3.39. The Morgan fingerprint density at radius 3 is 2.33 bits per heavy atom. The van der Waals surface area contributed by atoms with E-state index in [4.69, 9.17) is 0 Å². The maximum Gasteiger partial charge on any atom is 0.00345 e. The molecule has 1 nitrogen and oxygen atoms in total. The van der Waals surface area contributed by atoms with Gasteiger partial charge in [-0.05, 0) is 31.9 Å². The van der Waals surface area contributed by atoms with Gasteiger partial charge in [0.15, 0.2) is 0 Å². The highest BCUT2D eigenvalue weighted by atomic mass is 14.6. The van der Waals surface area contributed by atoms with Crippen LogP contribution in [0.25, 0.3) is 0 Å². The molecule has 0 unspecified atom stereocenters. The first-order valence-corrected chi connectivity index (χ1v) is 4.21. The van der Waals surface area contributed by atoms with Crippen molar-refractivity contribution in [1.29, 1.82) is 0 Å². The van der Waals surface area contributed by atoms with Crippen LogP contribution in [0.1, 0.15) is 18.9 Å². The van der Waals surface area contributed by atoms with E-state index in [9.17, 15) is 0 Å². The fourth-order valence-electron chi connectivity index (χ4n) is 0.962. The highest BCUT2D eigenvalue weighted by molar-refractivity contribution is 5.20. The van der Waals surface area contributed by atoms with E-state index in [1.807, 2.05) is 18.5 Å². The normalized spacial score (nSPS) is 13.7. The molecule has 0 spiro atoms. The second-order valence-electron chi connectivity index (χ2n) is 3.03. The van der Waals surface area contributed by atoms with Crippen molar-refractivity contribution in [2.24, 2.45) is 0 Å². The van der Waals surface area contributed by atoms with Gasteiger partial charge < -0.3 is 4.98 Å². The Morgan fingerprint density at radius 2 is 2.17 bits per heavy atom. The van der Waals surface area contributed by atoms with E-state index in [-0.39, 0.29) is 0 Å². The lowest BCUT2D eigenvalue weighted by atomic mass is 10.3. The second-order valence-corrected chi connectivity index (χ2v) is 3.03. The Hall–Kier alpha value is -1.24. The molecule has 0 saturated heterocycles. The van der Waals surface area contributed by atoms with Crippen molar-refractivity contribution in [3.63, 3.8) is 0 Å². The molecular formula is C11H15N. The van der Waals surface area contributed by atoms with Gasteiger partial charge in [0.25, 0.3) is 0 Å². The molecular weight excluding hydrogens is 146 g/mol. The monoisotopic (exact) mass is 161 g/mol. The third-order valence-corrected chi connectivity index (χ3v) is 1.71. The molecule has 0 atom stereocenters. The zero-order chi connectivity index (χ0) is 8.81. The first-order chi connectivity index (χ1) is 5.79. The van der Waals surface area contributed by atoms with Gasteiger partial charge in [0, 0.05) is 12.4 Å². The zero-order valence-electron chi connectivity index (χ0n) is 7.67. The molecule has 1 aliphatic carbocycles. The number of hydrogen-bond acceptors (Lipinski definition) is 0. The van der Waals surface area contributed by atoms with Crippen LogP contribution < -0.4 is 0 Å². The molecule has 0 aromatic carbocycles. The minimum Gasteiger partial charge on any atom is -0.367 e. The van der Waals surface area contributed by atoms with Gasteiger partial charge in [-0.3, -0.25) is 0 Å². The third-order valence-electron chi connectivity index (χ3n) is 1.71. The average molecular weight is 161 g/mol. The van der Waals surface area contributed by atoms with E-state index in [0.29, 0.717) is 0 Å². The first kappa shape index (κ1) is 8.85. The third kappa shape index (κ3) is 3.24. The fraction of sp³-hybridized carbons (Fsp3) is 0.273. The molecule has 0 aliphatic heterocycles. The summed E-state index contributed by atoms with van der Waals surface area (Å²) in [5, 5.41) is 0. The van der Waals surface area contributed by atoms with Crippen LogP contribution in [0.5, 0.6) is 0 Å². The lowest BCUT2D eigenvalue weighted by Gasteiger charge is -1.78. The molecule has 12 heavy (non-hydrogen) atoms. The molecule has 1 heteroatoms. The lowest BCUT2D eigenvalue weighted by Crippen LogP contribution is -1.58. The largest absolute Gasteiger partial charge is 0.367 e. The van der Waals surface area contributed by atoms with Crippen LogP contribution in [0.4, 0.5) is 0 Å². The van der Waals surface area contributed by atoms with Crippen molar-refractivity contribution < 1.29 is 0 Å². The Labute approximate surface area is 73.8 Å². The van der Waals surface area contributed by atoms with Crippen LogP contribution in [0.2, 0.25) is 0 Å². The van der Waals surface area contributed by atoms with Crippen molar-refractivity contribution in [3.05, 3.63) is 47.8 Å². The van der Waals surface area contributed by atoms with E-state index in [1.54, 1.807) is 0 Å². The molecule has 1 aromatic heterocycles. The molecule has 0 fully saturated rings. The van der Waals surface area contributed by atoms with E-state index in [2.05, 4.69) is 37.1 Å². The van der Waals surface area contributed by atoms with Gasteiger partial charge in [-0.1, -0.05) is 23.8 Å². The molecule has 1 heterocycles. The zero-order valence-corrected chi connectivity index (χ0v) is 7.67. The van der Waals surface area contributed by atoms with Crippen molar-refractivity contribution in [3.8, 4) is 0 Å². The summed E-state index contributed by atoms with van der Waals surface area (Å²) in [7, 11) is 0. The number of allylic oxidation sites excluding steroid dienone is 4. The molecule has 64 valence electrons. The molecule has 2 rings (SSSR count). The second kappa shape index (κ2) is 4.60. The summed E-state index contributed by atoms with van der Waals surface area (Å²) in [4.78, 5) is 2.93. The topological polar surface area (TPSA) is 15.8 Å². The molecule has 0 saturated carbocycles. The van der Waals surface area contributed by atoms with E-state index < -0.39 is 0 Å². The van der Waals surface area contributed by atoms with Crippen LogP contribution in [-0.2, 0) is 0 Å². The van der Waals surface area contributed by atoms with Crippen LogP contribution in [0.3, 0.4) is 0 Å². The van der Waals surface area contributed by atoms with Gasteiger partial charge in [0.1, 0.15) is 0 Å². The van der Waals surface area contributed by atoms with Gasteiger partial charge >= 0.3 is 0 Å². The molecule has 0 radical (unpaired) electrons. The van der Waals surface area contributed by atoms with Crippen molar-refractivity contribution in [2.45, 2.75) is 20.3 Å². The Balaban J connectivity index is 0.000000120. The predicted octanol–water partition coefficient (Wildman–Crippen LogP) is 3.22. The maximum absolute atomic E-state index is 2.93. The number of H-pyrrole nitrogens is 1. The summed E-state index contributed by atoms with van der Waals surface area (Å²) >= 11 is 0. The molecule has 1 aromatic rings. The molecule has 0 amide bonds. The summed E-state index contributed by atoms with van der Waals surface area (Å²) in [6.45, 7) is 4.19. The van der Waals surface area contributed by atoms with Gasteiger partial charge in [-0.25, -0.2) is 0 Å². The van der Waals surface area contributed by atoms with Crippen LogP contribution in [0, 0.1) is 6.92 Å². The SMILES string of the molecule is CC1=CC=CC1.Cc1cc[nH]c1. The smallest absolute Gasteiger partial charge is 0.00345 e. The summed E-state index contributed by atoms with van der Waals surface area (Å²) in [5.41, 5.74) is 2.75. The maximum atomic E-state index is 2.93. The summed E-state index contributed by atoms with van der Waals surface area (Å²) in [5.74, 6) is 0. The number of aromatic nitrogens is 1. The number of aromatic amines is 1. The molecule has 1 aliphatic rings. The Morgan fingerprint density at radius 1 is 1.33 bits per heavy atom.